The second-order valence-corrected chi connectivity index (χ2v) is 2.76. The van der Waals surface area contributed by atoms with Gasteiger partial charge in [0.25, 0.3) is 0 Å². The molecule has 2 unspecified atom stereocenters. The number of carbonyl (C=O) groups is 1. The van der Waals surface area contributed by atoms with Gasteiger partial charge >= 0.3 is 12.1 Å². The molecule has 0 spiro atoms. The van der Waals surface area contributed by atoms with Crippen molar-refractivity contribution < 1.29 is 22.7 Å². The van der Waals surface area contributed by atoms with Crippen LogP contribution in [0.2, 0.25) is 0 Å². The van der Waals surface area contributed by atoms with Crippen LogP contribution in [-0.2, 0) is 9.53 Å². The van der Waals surface area contributed by atoms with Crippen LogP contribution in [0.1, 0.15) is 12.8 Å². The van der Waals surface area contributed by atoms with E-state index in [4.69, 9.17) is 6.42 Å². The fraction of sp³-hybridized carbons (Fsp3) is 0.625. The van der Waals surface area contributed by atoms with Crippen molar-refractivity contribution in [1.82, 2.24) is 0 Å². The Morgan fingerprint density at radius 2 is 2.15 bits per heavy atom. The van der Waals surface area contributed by atoms with Gasteiger partial charge in [0.2, 0.25) is 6.10 Å². The third-order valence-electron chi connectivity index (χ3n) is 1.82. The molecule has 0 aromatic heterocycles. The zero-order valence-corrected chi connectivity index (χ0v) is 6.60. The Morgan fingerprint density at radius 3 is 2.62 bits per heavy atom. The molecule has 2 nitrogen and oxygen atoms in total. The molecule has 0 radical (unpaired) electrons. The van der Waals surface area contributed by atoms with Crippen LogP contribution in [0.15, 0.2) is 0 Å². The average Bonchev–Trinajstić information content (AvgIpc) is 2.03. The quantitative estimate of drug-likeness (QED) is 0.429. The van der Waals surface area contributed by atoms with Crippen molar-refractivity contribution in [2.45, 2.75) is 25.1 Å². The van der Waals surface area contributed by atoms with E-state index in [9.17, 15) is 18.0 Å². The van der Waals surface area contributed by atoms with E-state index < -0.39 is 24.2 Å². The van der Waals surface area contributed by atoms with Crippen molar-refractivity contribution in [3.63, 3.8) is 0 Å². The van der Waals surface area contributed by atoms with Gasteiger partial charge in [0, 0.05) is 6.42 Å². The van der Waals surface area contributed by atoms with E-state index in [1.807, 2.05) is 5.92 Å². The van der Waals surface area contributed by atoms with Crippen molar-refractivity contribution in [2.75, 3.05) is 0 Å². The fourth-order valence-corrected chi connectivity index (χ4v) is 1.17. The summed E-state index contributed by atoms with van der Waals surface area (Å²) in [5, 5.41) is 0. The maximum atomic E-state index is 12.2. The van der Waals surface area contributed by atoms with Crippen LogP contribution >= 0.6 is 0 Å². The van der Waals surface area contributed by atoms with Gasteiger partial charge in [0.15, 0.2) is 0 Å². The summed E-state index contributed by atoms with van der Waals surface area (Å²) >= 11 is 0. The van der Waals surface area contributed by atoms with E-state index in [2.05, 4.69) is 4.74 Å². The first kappa shape index (κ1) is 9.90. The largest absolute Gasteiger partial charge is 0.451 e. The van der Waals surface area contributed by atoms with Crippen molar-refractivity contribution >= 4 is 5.97 Å². The second kappa shape index (κ2) is 3.29. The first-order chi connectivity index (χ1) is 5.95. The average molecular weight is 192 g/mol. The summed E-state index contributed by atoms with van der Waals surface area (Å²) in [6.07, 6.45) is -1.79. The number of cyclic esters (lactones) is 1. The topological polar surface area (TPSA) is 26.3 Å². The van der Waals surface area contributed by atoms with Gasteiger partial charge in [0.05, 0.1) is 5.92 Å². The number of terminal acetylenes is 1. The number of rotatable bonds is 0. The van der Waals surface area contributed by atoms with Crippen molar-refractivity contribution in [3.8, 4) is 12.3 Å². The van der Waals surface area contributed by atoms with E-state index in [1.165, 1.54) is 0 Å². The van der Waals surface area contributed by atoms with E-state index in [0.29, 0.717) is 0 Å². The first-order valence-corrected chi connectivity index (χ1v) is 3.67. The molecule has 0 aliphatic carbocycles. The van der Waals surface area contributed by atoms with Gasteiger partial charge in [-0.2, -0.15) is 13.2 Å². The second-order valence-electron chi connectivity index (χ2n) is 2.76. The number of hydrogen-bond donors (Lipinski definition) is 0. The number of alkyl halides is 3. The molecule has 13 heavy (non-hydrogen) atoms. The molecule has 0 aromatic rings. The number of carbonyl (C=O) groups excluding carboxylic acids is 1. The minimum absolute atomic E-state index is 0.0402. The molecule has 0 saturated carbocycles. The van der Waals surface area contributed by atoms with E-state index in [-0.39, 0.29) is 12.8 Å². The van der Waals surface area contributed by atoms with Crippen LogP contribution in [0.5, 0.6) is 0 Å². The highest BCUT2D eigenvalue weighted by Crippen LogP contribution is 2.33. The lowest BCUT2D eigenvalue weighted by Gasteiger charge is -2.29. The van der Waals surface area contributed by atoms with Crippen LogP contribution < -0.4 is 0 Å². The zero-order valence-electron chi connectivity index (χ0n) is 6.60. The summed E-state index contributed by atoms with van der Waals surface area (Å²) in [6, 6.07) is 0. The molecule has 2 atom stereocenters. The Hall–Kier alpha value is -1.18. The van der Waals surface area contributed by atoms with Gasteiger partial charge in [-0.15, -0.1) is 6.42 Å². The molecule has 1 saturated heterocycles. The highest BCUT2D eigenvalue weighted by atomic mass is 19.4. The normalized spacial score (nSPS) is 29.2. The lowest BCUT2D eigenvalue weighted by Crippen LogP contribution is -2.42. The van der Waals surface area contributed by atoms with Crippen LogP contribution in [-0.4, -0.2) is 18.2 Å². The molecule has 5 heteroatoms. The minimum Gasteiger partial charge on any atom is -0.451 e. The highest BCUT2D eigenvalue weighted by Gasteiger charge is 2.49. The Labute approximate surface area is 73.1 Å². The first-order valence-electron chi connectivity index (χ1n) is 3.67. The van der Waals surface area contributed by atoms with Crippen LogP contribution in [0.25, 0.3) is 0 Å². The summed E-state index contributed by atoms with van der Waals surface area (Å²) < 4.78 is 40.7. The molecule has 0 aromatic carbocycles. The predicted molar refractivity (Wildman–Crippen MR) is 37.5 cm³/mol. The van der Waals surface area contributed by atoms with Crippen LogP contribution in [0.4, 0.5) is 13.2 Å². The SMILES string of the molecule is C#CC1CCC(=O)OC1C(F)(F)F. The molecular weight excluding hydrogens is 185 g/mol. The Balaban J connectivity index is 2.78. The fourth-order valence-electron chi connectivity index (χ4n) is 1.17. The Morgan fingerprint density at radius 1 is 1.54 bits per heavy atom. The summed E-state index contributed by atoms with van der Waals surface area (Å²) in [5.41, 5.74) is 0. The van der Waals surface area contributed by atoms with Gasteiger partial charge in [-0.05, 0) is 6.42 Å². The molecule has 1 aliphatic rings. The lowest BCUT2D eigenvalue weighted by atomic mass is 9.94. The van der Waals surface area contributed by atoms with Gasteiger partial charge in [-0.25, -0.2) is 0 Å². The zero-order chi connectivity index (χ0) is 10.1. The number of esters is 1. The molecule has 1 aliphatic heterocycles. The number of ether oxygens (including phenoxy) is 1. The van der Waals surface area contributed by atoms with Crippen molar-refractivity contribution in [2.24, 2.45) is 5.92 Å². The van der Waals surface area contributed by atoms with E-state index in [0.717, 1.165) is 0 Å². The van der Waals surface area contributed by atoms with Crippen LogP contribution in [0, 0.1) is 18.3 Å². The Kier molecular flexibility index (Phi) is 2.50. The van der Waals surface area contributed by atoms with Gasteiger partial charge < -0.3 is 4.74 Å². The molecule has 1 heterocycles. The summed E-state index contributed by atoms with van der Waals surface area (Å²) in [5.74, 6) is 0.101. The maximum absolute atomic E-state index is 12.2. The smallest absolute Gasteiger partial charge is 0.426 e. The van der Waals surface area contributed by atoms with Crippen molar-refractivity contribution in [1.29, 1.82) is 0 Å². The third kappa shape index (κ3) is 2.14. The summed E-state index contributed by atoms with van der Waals surface area (Å²) in [6.45, 7) is 0. The van der Waals surface area contributed by atoms with Gasteiger partial charge in [-0.3, -0.25) is 4.79 Å². The Bertz CT molecular complexity index is 251. The lowest BCUT2D eigenvalue weighted by molar-refractivity contribution is -0.236. The van der Waals surface area contributed by atoms with Gasteiger partial charge in [-0.1, -0.05) is 5.92 Å². The van der Waals surface area contributed by atoms with Crippen LogP contribution in [0.3, 0.4) is 0 Å². The van der Waals surface area contributed by atoms with E-state index in [1.54, 1.807) is 0 Å². The van der Waals surface area contributed by atoms with Crippen molar-refractivity contribution in [3.05, 3.63) is 0 Å². The molecule has 72 valence electrons. The highest BCUT2D eigenvalue weighted by molar-refractivity contribution is 5.70. The molecular formula is C8H7F3O2. The van der Waals surface area contributed by atoms with E-state index >= 15 is 0 Å². The predicted octanol–water partition coefficient (Wildman–Crippen LogP) is 1.50. The summed E-state index contributed by atoms with van der Waals surface area (Å²) in [4.78, 5) is 10.6. The maximum Gasteiger partial charge on any atom is 0.426 e. The van der Waals surface area contributed by atoms with Gasteiger partial charge in [0.1, 0.15) is 0 Å². The number of hydrogen-bond acceptors (Lipinski definition) is 2. The summed E-state index contributed by atoms with van der Waals surface area (Å²) in [7, 11) is 0. The molecule has 0 amide bonds. The monoisotopic (exact) mass is 192 g/mol. The standard InChI is InChI=1S/C8H7F3O2/c1-2-5-3-4-6(12)13-7(5)8(9,10)11/h1,5,7H,3-4H2. The third-order valence-corrected chi connectivity index (χ3v) is 1.82. The number of halogens is 3. The molecule has 0 bridgehead atoms. The minimum atomic E-state index is -4.56. The molecule has 1 fully saturated rings. The molecule has 0 N–H and O–H groups in total. The molecule has 1 rings (SSSR count).